The summed E-state index contributed by atoms with van der Waals surface area (Å²) >= 11 is 0. The van der Waals surface area contributed by atoms with Gasteiger partial charge in [-0.1, -0.05) is 12.8 Å². The number of ether oxygens (including phenoxy) is 1. The Kier molecular flexibility index (Phi) is 2.83. The summed E-state index contributed by atoms with van der Waals surface area (Å²) in [6.45, 7) is 1.44. The molecule has 0 amide bonds. The Bertz CT molecular complexity index is 187. The van der Waals surface area contributed by atoms with Gasteiger partial charge >= 0.3 is 5.97 Å². The average Bonchev–Trinajstić information content (AvgIpc) is 2.72. The molecule has 2 rings (SSSR count). The smallest absolute Gasteiger partial charge is 0.310 e. The molecular weight excluding hydrogens is 166 g/mol. The van der Waals surface area contributed by atoms with Crippen molar-refractivity contribution in [2.75, 3.05) is 13.2 Å². The normalized spacial score (nSPS) is 29.5. The third-order valence-electron chi connectivity index (χ3n) is 3.05. The molecule has 0 aromatic carbocycles. The number of rotatable bonds is 3. The lowest BCUT2D eigenvalue weighted by Gasteiger charge is -2.13. The van der Waals surface area contributed by atoms with E-state index in [-0.39, 0.29) is 11.9 Å². The summed E-state index contributed by atoms with van der Waals surface area (Å²) in [6.07, 6.45) is 6.14. The molecule has 1 atom stereocenters. The van der Waals surface area contributed by atoms with Crippen LogP contribution in [0.2, 0.25) is 0 Å². The Morgan fingerprint density at radius 3 is 2.69 bits per heavy atom. The molecule has 1 heterocycles. The summed E-state index contributed by atoms with van der Waals surface area (Å²) in [5, 5.41) is 3.45. The van der Waals surface area contributed by atoms with Crippen molar-refractivity contribution in [2.24, 2.45) is 5.92 Å². The molecular formula is C10H17NO2. The lowest BCUT2D eigenvalue weighted by Crippen LogP contribution is -2.32. The number of hydrogen-bond donors (Lipinski definition) is 1. The monoisotopic (exact) mass is 183 g/mol. The topological polar surface area (TPSA) is 38.3 Å². The van der Waals surface area contributed by atoms with E-state index < -0.39 is 0 Å². The molecule has 1 aliphatic heterocycles. The van der Waals surface area contributed by atoms with Crippen LogP contribution >= 0.6 is 0 Å². The third kappa shape index (κ3) is 2.21. The largest absolute Gasteiger partial charge is 0.465 e. The van der Waals surface area contributed by atoms with Crippen molar-refractivity contribution >= 4 is 5.97 Å². The van der Waals surface area contributed by atoms with Crippen molar-refractivity contribution in [3.8, 4) is 0 Å². The Labute approximate surface area is 78.8 Å². The minimum atomic E-state index is -0.00880. The fraction of sp³-hybridized carbons (Fsp3) is 0.900. The number of carbonyl (C=O) groups is 1. The molecule has 0 aromatic rings. The van der Waals surface area contributed by atoms with Gasteiger partial charge in [-0.3, -0.25) is 4.79 Å². The lowest BCUT2D eigenvalue weighted by atomic mass is 10.1. The van der Waals surface area contributed by atoms with Crippen LogP contribution in [0.25, 0.3) is 0 Å². The quantitative estimate of drug-likeness (QED) is 0.665. The van der Waals surface area contributed by atoms with Crippen LogP contribution in [0.4, 0.5) is 0 Å². The summed E-state index contributed by atoms with van der Waals surface area (Å²) in [4.78, 5) is 11.1. The predicted octanol–water partition coefficient (Wildman–Crippen LogP) is 1.08. The van der Waals surface area contributed by atoms with Gasteiger partial charge in [-0.05, 0) is 19.3 Å². The van der Waals surface area contributed by atoms with Crippen molar-refractivity contribution < 1.29 is 9.53 Å². The van der Waals surface area contributed by atoms with Crippen LogP contribution in [0, 0.1) is 5.92 Å². The van der Waals surface area contributed by atoms with Gasteiger partial charge in [0.15, 0.2) is 0 Å². The van der Waals surface area contributed by atoms with Gasteiger partial charge in [-0.25, -0.2) is 0 Å². The van der Waals surface area contributed by atoms with Crippen LogP contribution < -0.4 is 5.32 Å². The van der Waals surface area contributed by atoms with E-state index in [1.807, 2.05) is 0 Å². The zero-order chi connectivity index (χ0) is 9.10. The molecule has 1 saturated carbocycles. The highest BCUT2D eigenvalue weighted by molar-refractivity contribution is 5.74. The number of nitrogens with one attached hydrogen (secondary N) is 1. The zero-order valence-electron chi connectivity index (χ0n) is 7.92. The second-order valence-electron chi connectivity index (χ2n) is 4.04. The van der Waals surface area contributed by atoms with Crippen molar-refractivity contribution in [3.05, 3.63) is 0 Å². The van der Waals surface area contributed by atoms with Gasteiger partial charge in [0.2, 0.25) is 0 Å². The van der Waals surface area contributed by atoms with Gasteiger partial charge in [0.25, 0.3) is 0 Å². The summed E-state index contributed by atoms with van der Waals surface area (Å²) < 4.78 is 4.90. The molecule has 74 valence electrons. The van der Waals surface area contributed by atoms with E-state index >= 15 is 0 Å². The van der Waals surface area contributed by atoms with Crippen LogP contribution in [0.1, 0.15) is 32.1 Å². The second-order valence-corrected chi connectivity index (χ2v) is 4.04. The minimum Gasteiger partial charge on any atom is -0.465 e. The Hall–Kier alpha value is -0.570. The Morgan fingerprint density at radius 1 is 1.31 bits per heavy atom. The zero-order valence-corrected chi connectivity index (χ0v) is 7.92. The highest BCUT2D eigenvalue weighted by Gasteiger charge is 2.27. The maximum Gasteiger partial charge on any atom is 0.310 e. The van der Waals surface area contributed by atoms with Crippen molar-refractivity contribution in [3.63, 3.8) is 0 Å². The first-order valence-corrected chi connectivity index (χ1v) is 5.26. The molecule has 1 unspecified atom stereocenters. The van der Waals surface area contributed by atoms with Gasteiger partial charge in [-0.2, -0.15) is 0 Å². The highest BCUT2D eigenvalue weighted by Crippen LogP contribution is 2.19. The fourth-order valence-electron chi connectivity index (χ4n) is 2.16. The maximum absolute atomic E-state index is 11.1. The predicted molar refractivity (Wildman–Crippen MR) is 49.3 cm³/mol. The van der Waals surface area contributed by atoms with Crippen molar-refractivity contribution in [1.82, 2.24) is 5.32 Å². The van der Waals surface area contributed by atoms with E-state index in [0.717, 1.165) is 13.0 Å². The van der Waals surface area contributed by atoms with E-state index in [4.69, 9.17) is 4.74 Å². The minimum absolute atomic E-state index is 0.00880. The number of cyclic esters (lactones) is 1. The summed E-state index contributed by atoms with van der Waals surface area (Å²) in [5.74, 6) is 0.117. The third-order valence-corrected chi connectivity index (χ3v) is 3.05. The molecule has 3 heteroatoms. The molecule has 1 aliphatic carbocycles. The van der Waals surface area contributed by atoms with Gasteiger partial charge in [-0.15, -0.1) is 0 Å². The molecule has 2 aliphatic rings. The number of hydrogen-bond acceptors (Lipinski definition) is 3. The lowest BCUT2D eigenvalue weighted by molar-refractivity contribution is -0.141. The molecule has 1 saturated heterocycles. The van der Waals surface area contributed by atoms with Crippen LogP contribution in [0.15, 0.2) is 0 Å². The first kappa shape index (κ1) is 9.00. The van der Waals surface area contributed by atoms with Crippen molar-refractivity contribution in [2.45, 2.75) is 38.1 Å². The fourth-order valence-corrected chi connectivity index (χ4v) is 2.16. The maximum atomic E-state index is 11.1. The van der Waals surface area contributed by atoms with Crippen molar-refractivity contribution in [1.29, 1.82) is 0 Å². The molecule has 0 aromatic heterocycles. The first-order chi connectivity index (χ1) is 6.36. The highest BCUT2D eigenvalue weighted by atomic mass is 16.5. The van der Waals surface area contributed by atoms with Gasteiger partial charge < -0.3 is 10.1 Å². The summed E-state index contributed by atoms with van der Waals surface area (Å²) in [6, 6.07) is 0.661. The van der Waals surface area contributed by atoms with Gasteiger partial charge in [0.1, 0.15) is 0 Å². The van der Waals surface area contributed by atoms with E-state index in [1.165, 1.54) is 25.7 Å². The summed E-state index contributed by atoms with van der Waals surface area (Å²) in [5.41, 5.74) is 0. The molecule has 3 nitrogen and oxygen atoms in total. The molecule has 2 fully saturated rings. The molecule has 0 bridgehead atoms. The number of esters is 1. The Morgan fingerprint density at radius 2 is 2.08 bits per heavy atom. The van der Waals surface area contributed by atoms with Crippen LogP contribution in [0.5, 0.6) is 0 Å². The SMILES string of the molecule is O=C1OCCC1CNC1CCCC1. The van der Waals surface area contributed by atoms with Crippen LogP contribution in [0.3, 0.4) is 0 Å². The van der Waals surface area contributed by atoms with Crippen LogP contribution in [-0.2, 0) is 9.53 Å². The molecule has 1 N–H and O–H groups in total. The second kappa shape index (κ2) is 4.09. The molecule has 0 radical (unpaired) electrons. The average molecular weight is 183 g/mol. The Balaban J connectivity index is 1.69. The summed E-state index contributed by atoms with van der Waals surface area (Å²) in [7, 11) is 0. The van der Waals surface area contributed by atoms with Crippen LogP contribution in [-0.4, -0.2) is 25.2 Å². The van der Waals surface area contributed by atoms with Gasteiger partial charge in [0, 0.05) is 12.6 Å². The van der Waals surface area contributed by atoms with E-state index in [9.17, 15) is 4.79 Å². The van der Waals surface area contributed by atoms with E-state index in [1.54, 1.807) is 0 Å². The van der Waals surface area contributed by atoms with E-state index in [2.05, 4.69) is 5.32 Å². The van der Waals surface area contributed by atoms with Gasteiger partial charge in [0.05, 0.1) is 12.5 Å². The standard InChI is InChI=1S/C10H17NO2/c12-10-8(5-6-13-10)7-11-9-3-1-2-4-9/h8-9,11H,1-7H2. The first-order valence-electron chi connectivity index (χ1n) is 5.26. The molecule has 0 spiro atoms. The molecule has 13 heavy (non-hydrogen) atoms. The number of carbonyl (C=O) groups excluding carboxylic acids is 1. The van der Waals surface area contributed by atoms with E-state index in [0.29, 0.717) is 12.6 Å².